The zero-order chi connectivity index (χ0) is 25.7. The van der Waals surface area contributed by atoms with Crippen molar-refractivity contribution in [1.82, 2.24) is 9.88 Å². The Kier molecular flexibility index (Phi) is 5.56. The van der Waals surface area contributed by atoms with Gasteiger partial charge in [0.05, 0.1) is 45.6 Å². The predicted octanol–water partition coefficient (Wildman–Crippen LogP) is 4.56. The quantitative estimate of drug-likeness (QED) is 0.402. The van der Waals surface area contributed by atoms with Gasteiger partial charge in [-0.1, -0.05) is 30.3 Å². The SMILES string of the molecule is COC(=O)C1C[C@@]2(C(=O)OC)Cc3c([nH]c4ccccc34)C(c3ccc(OC)cc3)N2[C@@H]1c1ccco1. The molecule has 2 aromatic heterocycles. The van der Waals surface area contributed by atoms with Crippen LogP contribution in [0.3, 0.4) is 0 Å². The number of ether oxygens (including phenoxy) is 3. The molecule has 0 aliphatic carbocycles. The molecule has 0 amide bonds. The summed E-state index contributed by atoms with van der Waals surface area (Å²) >= 11 is 0. The number of nitrogens with one attached hydrogen (secondary N) is 1. The molecule has 0 radical (unpaired) electrons. The summed E-state index contributed by atoms with van der Waals surface area (Å²) in [5.41, 5.74) is 2.85. The fourth-order valence-corrected chi connectivity index (χ4v) is 6.41. The number of furan rings is 1. The molecule has 0 spiro atoms. The van der Waals surface area contributed by atoms with E-state index in [2.05, 4.69) is 16.0 Å². The number of fused-ring (bicyclic) bond motifs is 4. The number of benzene rings is 2. The third-order valence-corrected chi connectivity index (χ3v) is 7.94. The van der Waals surface area contributed by atoms with E-state index >= 15 is 0 Å². The number of carbonyl (C=O) groups is 2. The molecule has 2 aliphatic rings. The lowest BCUT2D eigenvalue weighted by atomic mass is 9.78. The van der Waals surface area contributed by atoms with Gasteiger partial charge in [0.25, 0.3) is 0 Å². The monoisotopic (exact) mass is 500 g/mol. The van der Waals surface area contributed by atoms with Crippen LogP contribution in [0.4, 0.5) is 0 Å². The molecule has 2 aromatic carbocycles. The van der Waals surface area contributed by atoms with Crippen LogP contribution in [0.5, 0.6) is 5.75 Å². The normalized spacial score (nSPS) is 24.9. The zero-order valence-electron chi connectivity index (χ0n) is 20.9. The number of aromatic amines is 1. The molecule has 6 rings (SSSR count). The van der Waals surface area contributed by atoms with Crippen molar-refractivity contribution in [2.75, 3.05) is 21.3 Å². The van der Waals surface area contributed by atoms with Crippen LogP contribution >= 0.6 is 0 Å². The summed E-state index contributed by atoms with van der Waals surface area (Å²) in [4.78, 5) is 32.8. The van der Waals surface area contributed by atoms with Gasteiger partial charge in [-0.15, -0.1) is 0 Å². The minimum atomic E-state index is -1.12. The molecular weight excluding hydrogens is 472 g/mol. The van der Waals surface area contributed by atoms with Gasteiger partial charge in [-0.2, -0.15) is 0 Å². The molecule has 8 nitrogen and oxygen atoms in total. The number of hydrogen-bond donors (Lipinski definition) is 1. The fraction of sp³-hybridized carbons (Fsp3) is 0.310. The number of hydrogen-bond acceptors (Lipinski definition) is 7. The van der Waals surface area contributed by atoms with Crippen LogP contribution in [-0.4, -0.2) is 48.7 Å². The number of esters is 2. The van der Waals surface area contributed by atoms with Crippen molar-refractivity contribution in [3.05, 3.63) is 89.5 Å². The third-order valence-electron chi connectivity index (χ3n) is 7.94. The summed E-state index contributed by atoms with van der Waals surface area (Å²) in [7, 11) is 4.40. The molecule has 4 heterocycles. The lowest BCUT2D eigenvalue weighted by Crippen LogP contribution is -2.57. The Bertz CT molecular complexity index is 1460. The maximum atomic E-state index is 13.8. The largest absolute Gasteiger partial charge is 0.497 e. The Hall–Kier alpha value is -4.04. The first-order valence-electron chi connectivity index (χ1n) is 12.2. The van der Waals surface area contributed by atoms with Crippen molar-refractivity contribution in [3.63, 3.8) is 0 Å². The standard InChI is InChI=1S/C29H28N2O6/c1-34-18-12-10-17(11-13-18)25-24-20(19-7-4-5-8-22(19)30-24)15-29(28(33)36-3)16-21(27(32)35-2)26(31(25)29)23-9-6-14-37-23/h4-14,21,25-26,30H,15-16H2,1-3H3/t21?,25?,26-,29+/m0/s1. The summed E-state index contributed by atoms with van der Waals surface area (Å²) in [6.07, 6.45) is 2.21. The first-order chi connectivity index (χ1) is 18.0. The highest BCUT2D eigenvalue weighted by Crippen LogP contribution is 2.58. The molecule has 190 valence electrons. The number of methoxy groups -OCH3 is 3. The second-order valence-corrected chi connectivity index (χ2v) is 9.64. The van der Waals surface area contributed by atoms with E-state index in [9.17, 15) is 9.59 Å². The minimum Gasteiger partial charge on any atom is -0.497 e. The maximum Gasteiger partial charge on any atom is 0.326 e. The van der Waals surface area contributed by atoms with E-state index in [0.717, 1.165) is 33.5 Å². The second kappa shape index (κ2) is 8.81. The Morgan fingerprint density at radius 1 is 1.00 bits per heavy atom. The molecule has 4 aromatic rings. The molecule has 0 saturated carbocycles. The van der Waals surface area contributed by atoms with Crippen LogP contribution in [0.1, 0.15) is 41.1 Å². The number of aromatic nitrogens is 1. The van der Waals surface area contributed by atoms with Gasteiger partial charge in [-0.25, -0.2) is 0 Å². The van der Waals surface area contributed by atoms with Gasteiger partial charge < -0.3 is 23.6 Å². The van der Waals surface area contributed by atoms with E-state index in [4.69, 9.17) is 18.6 Å². The second-order valence-electron chi connectivity index (χ2n) is 9.64. The topological polar surface area (TPSA) is 94.0 Å². The van der Waals surface area contributed by atoms with E-state index in [-0.39, 0.29) is 18.4 Å². The molecular formula is C29H28N2O6. The van der Waals surface area contributed by atoms with Crippen molar-refractivity contribution < 1.29 is 28.2 Å². The highest BCUT2D eigenvalue weighted by molar-refractivity contribution is 5.90. The highest BCUT2D eigenvalue weighted by Gasteiger charge is 2.65. The van der Waals surface area contributed by atoms with Crippen molar-refractivity contribution >= 4 is 22.8 Å². The molecule has 4 atom stereocenters. The van der Waals surface area contributed by atoms with E-state index in [1.807, 2.05) is 48.5 Å². The third kappa shape index (κ3) is 3.39. The van der Waals surface area contributed by atoms with Crippen LogP contribution in [0.15, 0.2) is 71.3 Å². The number of nitrogens with zero attached hydrogens (tertiary/aromatic N) is 1. The molecule has 1 N–H and O–H groups in total. The van der Waals surface area contributed by atoms with Gasteiger partial charge in [0.2, 0.25) is 0 Å². The highest BCUT2D eigenvalue weighted by atomic mass is 16.5. The van der Waals surface area contributed by atoms with Crippen LogP contribution < -0.4 is 4.74 Å². The lowest BCUT2D eigenvalue weighted by Gasteiger charge is -2.47. The average molecular weight is 501 g/mol. The van der Waals surface area contributed by atoms with Crippen LogP contribution in [0, 0.1) is 5.92 Å². The van der Waals surface area contributed by atoms with Crippen LogP contribution in [0.2, 0.25) is 0 Å². The van der Waals surface area contributed by atoms with Gasteiger partial charge in [0, 0.05) is 23.0 Å². The molecule has 8 heteroatoms. The zero-order valence-corrected chi connectivity index (χ0v) is 20.9. The fourth-order valence-electron chi connectivity index (χ4n) is 6.41. The van der Waals surface area contributed by atoms with Gasteiger partial charge >= 0.3 is 11.9 Å². The average Bonchev–Trinajstić information content (AvgIpc) is 3.67. The Morgan fingerprint density at radius 2 is 1.78 bits per heavy atom. The summed E-state index contributed by atoms with van der Waals surface area (Å²) in [5.74, 6) is -0.0800. The van der Waals surface area contributed by atoms with E-state index in [0.29, 0.717) is 12.2 Å². The molecule has 37 heavy (non-hydrogen) atoms. The van der Waals surface area contributed by atoms with Crippen LogP contribution in [0.25, 0.3) is 10.9 Å². The number of carbonyl (C=O) groups excluding carboxylic acids is 2. The van der Waals surface area contributed by atoms with Gasteiger partial charge in [-0.05, 0) is 47.9 Å². The Labute approximate surface area is 214 Å². The van der Waals surface area contributed by atoms with Gasteiger partial charge in [-0.3, -0.25) is 14.5 Å². The van der Waals surface area contributed by atoms with Gasteiger partial charge in [0.1, 0.15) is 17.0 Å². The first-order valence-corrected chi connectivity index (χ1v) is 12.2. The van der Waals surface area contributed by atoms with E-state index in [1.165, 1.54) is 14.2 Å². The molecule has 2 aliphatic heterocycles. The van der Waals surface area contributed by atoms with Crippen molar-refractivity contribution in [2.24, 2.45) is 5.92 Å². The van der Waals surface area contributed by atoms with Crippen molar-refractivity contribution in [3.8, 4) is 5.75 Å². The van der Waals surface area contributed by atoms with Crippen molar-refractivity contribution in [2.45, 2.75) is 30.5 Å². The molecule has 2 unspecified atom stereocenters. The smallest absolute Gasteiger partial charge is 0.326 e. The van der Waals surface area contributed by atoms with E-state index < -0.39 is 23.5 Å². The van der Waals surface area contributed by atoms with Crippen molar-refractivity contribution in [1.29, 1.82) is 0 Å². The Morgan fingerprint density at radius 3 is 2.46 bits per heavy atom. The molecule has 1 saturated heterocycles. The van der Waals surface area contributed by atoms with Gasteiger partial charge in [0.15, 0.2) is 0 Å². The first kappa shape index (κ1) is 23.4. The van der Waals surface area contributed by atoms with E-state index in [1.54, 1.807) is 19.4 Å². The minimum absolute atomic E-state index is 0.239. The number of rotatable bonds is 5. The summed E-state index contributed by atoms with van der Waals surface area (Å²) < 4.78 is 22.0. The summed E-state index contributed by atoms with van der Waals surface area (Å²) in [5, 5.41) is 1.05. The number of para-hydroxylation sites is 1. The molecule has 1 fully saturated rings. The predicted molar refractivity (Wildman–Crippen MR) is 135 cm³/mol. The lowest BCUT2D eigenvalue weighted by molar-refractivity contribution is -0.157. The van der Waals surface area contributed by atoms with Crippen LogP contribution in [-0.2, 0) is 25.5 Å². The summed E-state index contributed by atoms with van der Waals surface area (Å²) in [6, 6.07) is 18.6. The maximum absolute atomic E-state index is 13.8. The summed E-state index contributed by atoms with van der Waals surface area (Å²) in [6.45, 7) is 0. The number of H-pyrrole nitrogens is 1. The molecule has 0 bridgehead atoms. The Balaban J connectivity index is 1.66.